The monoisotopic (exact) mass is 734 g/mol. The second kappa shape index (κ2) is 12.6. The van der Waals surface area contributed by atoms with Gasteiger partial charge in [0, 0.05) is 83.8 Å². The molecule has 4 aromatic rings. The molecule has 1 fully saturated rings. The van der Waals surface area contributed by atoms with Gasteiger partial charge in [0.2, 0.25) is 5.91 Å². The summed E-state index contributed by atoms with van der Waals surface area (Å²) in [5.74, 6) is -1.95. The molecule has 2 aliphatic heterocycles. The van der Waals surface area contributed by atoms with E-state index in [-0.39, 0.29) is 75.4 Å². The highest BCUT2D eigenvalue weighted by Crippen LogP contribution is 2.49. The van der Waals surface area contributed by atoms with E-state index < -0.39 is 40.2 Å². The molecule has 0 spiro atoms. The fourth-order valence-electron chi connectivity index (χ4n) is 6.51. The van der Waals surface area contributed by atoms with Crippen molar-refractivity contribution >= 4 is 50.3 Å². The van der Waals surface area contributed by atoms with Crippen molar-refractivity contribution in [2.75, 3.05) is 23.7 Å². The second-order valence-electron chi connectivity index (χ2n) is 11.7. The van der Waals surface area contributed by atoms with Crippen molar-refractivity contribution in [1.82, 2.24) is 24.4 Å². The third-order valence-corrected chi connectivity index (χ3v) is 10.4. The van der Waals surface area contributed by atoms with Crippen molar-refractivity contribution in [3.05, 3.63) is 87.3 Å². The van der Waals surface area contributed by atoms with Crippen molar-refractivity contribution in [3.8, 4) is 11.1 Å². The molecule has 2 aromatic heterocycles. The third-order valence-electron chi connectivity index (χ3n) is 8.43. The molecule has 6 rings (SSSR count). The van der Waals surface area contributed by atoms with Crippen LogP contribution >= 0.6 is 27.7 Å². The van der Waals surface area contributed by atoms with Crippen LogP contribution in [0, 0.1) is 17.6 Å². The lowest BCUT2D eigenvalue weighted by atomic mass is 9.95. The Hall–Kier alpha value is -3.85. The van der Waals surface area contributed by atoms with E-state index in [2.05, 4.69) is 37.5 Å². The van der Waals surface area contributed by atoms with Crippen LogP contribution in [-0.4, -0.2) is 61.3 Å². The standard InChI is InChI=1S/C32H28BrF5N6O2S/c1-4-26(45)44-16(2)12-42(13-17(44)3)30-20-9-21(32(36,37)38)27(19-10-22(33)24(35)11-23(19)34)29-28(20)43(31(46)41-30)14-18(15-47-29)8-25-39-6-5-7-40-25/h4-7,9-11,16-18H,1,8,12-15H2,2-3H3/t16-,17+,18-/m0/s1. The van der Waals surface area contributed by atoms with Crippen molar-refractivity contribution in [1.29, 1.82) is 0 Å². The Labute approximate surface area is 278 Å². The van der Waals surface area contributed by atoms with Gasteiger partial charge < -0.3 is 9.80 Å². The van der Waals surface area contributed by atoms with Gasteiger partial charge in [-0.1, -0.05) is 6.58 Å². The maximum absolute atomic E-state index is 15.5. The first-order valence-corrected chi connectivity index (χ1v) is 16.5. The molecule has 8 nitrogen and oxygen atoms in total. The molecular formula is C32H28BrF5N6O2S. The number of piperazine rings is 1. The van der Waals surface area contributed by atoms with E-state index in [9.17, 15) is 14.0 Å². The van der Waals surface area contributed by atoms with Crippen LogP contribution in [0.15, 0.2) is 63.5 Å². The highest BCUT2D eigenvalue weighted by molar-refractivity contribution is 9.10. The van der Waals surface area contributed by atoms with Crippen LogP contribution in [0.4, 0.5) is 27.8 Å². The molecule has 0 aliphatic carbocycles. The van der Waals surface area contributed by atoms with E-state index in [1.54, 1.807) is 42.1 Å². The summed E-state index contributed by atoms with van der Waals surface area (Å²) >= 11 is 4.07. The number of hydrogen-bond acceptors (Lipinski definition) is 7. The zero-order chi connectivity index (χ0) is 33.8. The predicted molar refractivity (Wildman–Crippen MR) is 172 cm³/mol. The summed E-state index contributed by atoms with van der Waals surface area (Å²) in [5.41, 5.74) is -2.61. The summed E-state index contributed by atoms with van der Waals surface area (Å²) in [6, 6.07) is 3.33. The Morgan fingerprint density at radius 2 is 1.77 bits per heavy atom. The quantitative estimate of drug-likeness (QED) is 0.132. The van der Waals surface area contributed by atoms with Crippen LogP contribution < -0.4 is 10.6 Å². The van der Waals surface area contributed by atoms with Crippen LogP contribution in [0.25, 0.3) is 22.0 Å². The lowest BCUT2D eigenvalue weighted by Gasteiger charge is -2.44. The van der Waals surface area contributed by atoms with Gasteiger partial charge in [0.05, 0.1) is 15.6 Å². The van der Waals surface area contributed by atoms with E-state index in [0.717, 1.165) is 23.9 Å². The number of hydrogen-bond donors (Lipinski definition) is 0. The van der Waals surface area contributed by atoms with Crippen LogP contribution in [-0.2, 0) is 23.9 Å². The van der Waals surface area contributed by atoms with Crippen LogP contribution in [0.1, 0.15) is 25.2 Å². The van der Waals surface area contributed by atoms with Crippen molar-refractivity contribution < 1.29 is 26.7 Å². The van der Waals surface area contributed by atoms with Crippen LogP contribution in [0.2, 0.25) is 0 Å². The fraction of sp³-hybridized carbons (Fsp3) is 0.344. The summed E-state index contributed by atoms with van der Waals surface area (Å²) in [7, 11) is 0. The predicted octanol–water partition coefficient (Wildman–Crippen LogP) is 6.49. The second-order valence-corrected chi connectivity index (χ2v) is 13.6. The highest BCUT2D eigenvalue weighted by Gasteiger charge is 2.40. The number of carbonyl (C=O) groups excluding carboxylic acids is 1. The fourth-order valence-corrected chi connectivity index (χ4v) is 8.20. The lowest BCUT2D eigenvalue weighted by Crippen LogP contribution is -2.58. The number of alkyl halides is 3. The molecule has 2 aliphatic rings. The zero-order valence-electron chi connectivity index (χ0n) is 25.2. The Morgan fingerprint density at radius 1 is 1.09 bits per heavy atom. The van der Waals surface area contributed by atoms with Gasteiger partial charge >= 0.3 is 11.9 Å². The van der Waals surface area contributed by atoms with Gasteiger partial charge in [-0.05, 0) is 60.0 Å². The van der Waals surface area contributed by atoms with Crippen molar-refractivity contribution in [2.24, 2.45) is 5.92 Å². The van der Waals surface area contributed by atoms with E-state index in [0.29, 0.717) is 18.3 Å². The van der Waals surface area contributed by atoms with E-state index in [1.165, 1.54) is 10.6 Å². The van der Waals surface area contributed by atoms with Crippen molar-refractivity contribution in [2.45, 2.75) is 50.0 Å². The molecule has 0 radical (unpaired) electrons. The Balaban J connectivity index is 1.62. The first kappa shape index (κ1) is 33.1. The summed E-state index contributed by atoms with van der Waals surface area (Å²) < 4.78 is 76.0. The maximum Gasteiger partial charge on any atom is 0.417 e. The highest BCUT2D eigenvalue weighted by atomic mass is 79.9. The molecule has 47 heavy (non-hydrogen) atoms. The molecule has 1 saturated heterocycles. The SMILES string of the molecule is C=CC(=O)N1[C@H](C)CN(c2nc(=O)n3c4c(c(-c5cc(Br)c(F)cc5F)c(C(F)(F)F)cc24)SC[C@@H](Cc2ncccn2)C3)C[C@@H]1C. The van der Waals surface area contributed by atoms with Gasteiger partial charge in [-0.3, -0.25) is 9.36 Å². The number of rotatable bonds is 5. The maximum atomic E-state index is 15.5. The molecule has 3 atom stereocenters. The third kappa shape index (κ3) is 6.15. The number of halogens is 6. The number of anilines is 1. The topological polar surface area (TPSA) is 84.2 Å². The molecule has 0 unspecified atom stereocenters. The number of amides is 1. The van der Waals surface area contributed by atoms with Crippen LogP contribution in [0.3, 0.4) is 0 Å². The summed E-state index contributed by atoms with van der Waals surface area (Å²) in [6.07, 6.45) is -0.281. The van der Waals surface area contributed by atoms with E-state index in [4.69, 9.17) is 0 Å². The number of benzene rings is 2. The molecule has 2 aromatic carbocycles. The van der Waals surface area contributed by atoms with Gasteiger partial charge in [-0.2, -0.15) is 18.2 Å². The lowest BCUT2D eigenvalue weighted by molar-refractivity contribution is -0.137. The Kier molecular flexibility index (Phi) is 8.89. The minimum absolute atomic E-state index is 0.0334. The van der Waals surface area contributed by atoms with Gasteiger partial charge in [-0.15, -0.1) is 11.8 Å². The van der Waals surface area contributed by atoms with Crippen molar-refractivity contribution in [3.63, 3.8) is 0 Å². The smallest absolute Gasteiger partial charge is 0.352 e. The van der Waals surface area contributed by atoms with Gasteiger partial charge in [0.15, 0.2) is 0 Å². The molecule has 0 saturated carbocycles. The first-order chi connectivity index (χ1) is 22.3. The van der Waals surface area contributed by atoms with E-state index >= 15 is 17.6 Å². The molecule has 15 heteroatoms. The molecule has 4 heterocycles. The number of nitrogens with zero attached hydrogens (tertiary/aromatic N) is 6. The number of thioether (sulfide) groups is 1. The Bertz CT molecular complexity index is 1950. The minimum Gasteiger partial charge on any atom is -0.352 e. The number of aromatic nitrogens is 4. The zero-order valence-corrected chi connectivity index (χ0v) is 27.6. The largest absolute Gasteiger partial charge is 0.417 e. The van der Waals surface area contributed by atoms with Gasteiger partial charge in [-0.25, -0.2) is 23.5 Å². The number of carbonyl (C=O) groups is 1. The average molecular weight is 736 g/mol. The summed E-state index contributed by atoms with van der Waals surface area (Å²) in [5, 5.41) is 0.0595. The first-order valence-electron chi connectivity index (χ1n) is 14.7. The van der Waals surface area contributed by atoms with E-state index in [1.807, 2.05) is 0 Å². The molecule has 246 valence electrons. The summed E-state index contributed by atoms with van der Waals surface area (Å²) in [6.45, 7) is 7.63. The molecule has 0 bridgehead atoms. The van der Waals surface area contributed by atoms with Gasteiger partial charge in [0.25, 0.3) is 0 Å². The molecular weight excluding hydrogens is 707 g/mol. The summed E-state index contributed by atoms with van der Waals surface area (Å²) in [4.78, 5) is 42.7. The molecule has 1 amide bonds. The normalized spacial score (nSPS) is 20.0. The minimum atomic E-state index is -4.97. The Morgan fingerprint density at radius 3 is 2.40 bits per heavy atom. The van der Waals surface area contributed by atoms with Crippen LogP contribution in [0.5, 0.6) is 0 Å². The van der Waals surface area contributed by atoms with Gasteiger partial charge in [0.1, 0.15) is 23.3 Å². The molecule has 0 N–H and O–H groups in total. The average Bonchev–Trinajstić information content (AvgIpc) is 3.20.